The van der Waals surface area contributed by atoms with Crippen LogP contribution >= 0.6 is 44.3 Å². The van der Waals surface area contributed by atoms with Crippen molar-refractivity contribution in [2.75, 3.05) is 14.1 Å². The van der Waals surface area contributed by atoms with Crippen LogP contribution in [0, 0.1) is 0 Å². The van der Waals surface area contributed by atoms with Gasteiger partial charge >= 0.3 is 52.9 Å². The minimum Gasteiger partial charge on any atom is -0.695 e. The first-order valence-electron chi connectivity index (χ1n) is 7.43. The molecule has 1 atom stereocenters. The van der Waals surface area contributed by atoms with Crippen LogP contribution in [0.1, 0.15) is 41.5 Å². The number of hydrogen-bond acceptors (Lipinski definition) is 2. The third kappa shape index (κ3) is 21.8. The molecule has 0 aromatic carbocycles. The Morgan fingerprint density at radius 2 is 1.38 bits per heavy atom. The average molecular weight is 466 g/mol. The molecule has 4 nitrogen and oxygen atoms in total. The van der Waals surface area contributed by atoms with Crippen LogP contribution in [-0.4, -0.2) is 49.5 Å². The van der Waals surface area contributed by atoms with E-state index in [1.165, 1.54) is 0 Å². The summed E-state index contributed by atoms with van der Waals surface area (Å²) in [6.07, 6.45) is 7.55. The molecule has 26 heavy (non-hydrogen) atoms. The van der Waals surface area contributed by atoms with Crippen LogP contribution in [0.25, 0.3) is 10.6 Å². The molecule has 0 radical (unpaired) electrons. The Morgan fingerprint density at radius 1 is 0.962 bits per heavy atom. The van der Waals surface area contributed by atoms with Gasteiger partial charge in [-0.25, -0.2) is 12.4 Å². The molecule has 0 aromatic rings. The maximum Gasteiger partial charge on any atom is 1.00 e. The summed E-state index contributed by atoms with van der Waals surface area (Å²) >= 11 is 21.1. The first-order chi connectivity index (χ1) is 10.7. The molecule has 0 saturated heterocycles. The zero-order valence-electron chi connectivity index (χ0n) is 17.8. The van der Waals surface area contributed by atoms with Crippen LogP contribution in [0.15, 0.2) is 24.8 Å². The van der Waals surface area contributed by atoms with E-state index in [2.05, 4.69) is 52.9 Å². The van der Waals surface area contributed by atoms with Gasteiger partial charge in [0.2, 0.25) is 0 Å². The Kier molecular flexibility index (Phi) is 23.3. The molecular formula is C14H30Cl4Li2N4Si2. The Balaban J connectivity index is -0.000000147. The van der Waals surface area contributed by atoms with Gasteiger partial charge in [-0.05, 0) is 27.8 Å². The molecule has 0 aromatic heterocycles. The Bertz CT molecular complexity index is 389. The molecule has 1 rings (SSSR count). The summed E-state index contributed by atoms with van der Waals surface area (Å²) in [5, 5.41) is 7.94. The average Bonchev–Trinajstić information content (AvgIpc) is 2.68. The van der Waals surface area contributed by atoms with Crippen molar-refractivity contribution >= 4 is 59.5 Å². The van der Waals surface area contributed by atoms with Gasteiger partial charge in [0.1, 0.15) is 0 Å². The number of nitrogens with zero attached hydrogens (tertiary/aromatic N) is 4. The number of hydrogen-bond donors (Lipinski definition) is 0. The predicted molar refractivity (Wildman–Crippen MR) is 118 cm³/mol. The molecule has 0 aliphatic carbocycles. The van der Waals surface area contributed by atoms with Crippen LogP contribution in [-0.2, 0) is 0 Å². The molecule has 0 N–H and O–H groups in total. The second kappa shape index (κ2) is 17.3. The molecule has 1 heterocycles. The predicted octanol–water partition coefficient (Wildman–Crippen LogP) is -0.479. The molecule has 0 bridgehead atoms. The molecule has 0 saturated carbocycles. The summed E-state index contributed by atoms with van der Waals surface area (Å²) in [6, 6.07) is 0. The van der Waals surface area contributed by atoms with Gasteiger partial charge in [-0.2, -0.15) is 0 Å². The van der Waals surface area contributed by atoms with Crippen molar-refractivity contribution in [1.29, 1.82) is 0 Å². The van der Waals surface area contributed by atoms with Crippen LogP contribution < -0.4 is 37.7 Å². The fourth-order valence-corrected chi connectivity index (χ4v) is 4.12. The van der Waals surface area contributed by atoms with Crippen LogP contribution in [0.2, 0.25) is 0 Å². The summed E-state index contributed by atoms with van der Waals surface area (Å²) in [6.45, 7) is 11.0. The van der Waals surface area contributed by atoms with E-state index in [0.717, 1.165) is 0 Å². The normalized spacial score (nSPS) is 16.1. The van der Waals surface area contributed by atoms with Crippen molar-refractivity contribution in [3.63, 3.8) is 0 Å². The second-order valence-corrected chi connectivity index (χ2v) is 16.6. The van der Waals surface area contributed by atoms with Gasteiger partial charge in [0.05, 0.1) is 0 Å². The van der Waals surface area contributed by atoms with Gasteiger partial charge in [0.25, 0.3) is 0 Å². The molecule has 0 spiro atoms. The van der Waals surface area contributed by atoms with E-state index < -0.39 is 15.2 Å². The van der Waals surface area contributed by atoms with Gasteiger partial charge in [-0.3, -0.25) is 0 Å². The van der Waals surface area contributed by atoms with E-state index in [0.29, 0.717) is 0 Å². The smallest absolute Gasteiger partial charge is 0.695 e. The van der Waals surface area contributed by atoms with Gasteiger partial charge in [0, 0.05) is 17.9 Å². The maximum atomic E-state index is 6.24. The van der Waals surface area contributed by atoms with Crippen molar-refractivity contribution in [3.8, 4) is 0 Å². The molecule has 1 unspecified atom stereocenters. The van der Waals surface area contributed by atoms with Crippen molar-refractivity contribution < 1.29 is 37.7 Å². The van der Waals surface area contributed by atoms with E-state index in [1.807, 2.05) is 27.8 Å². The van der Waals surface area contributed by atoms with Gasteiger partial charge in [0.15, 0.2) is 0 Å². The third-order valence-corrected chi connectivity index (χ3v) is 6.28. The molecule has 1 aliphatic rings. The van der Waals surface area contributed by atoms with Crippen molar-refractivity contribution in [2.24, 2.45) is 0 Å². The van der Waals surface area contributed by atoms with Crippen molar-refractivity contribution in [3.05, 3.63) is 35.4 Å². The van der Waals surface area contributed by atoms with Crippen LogP contribution in [0.3, 0.4) is 0 Å². The Hall–Kier alpha value is 1.47. The molecule has 12 heteroatoms. The fraction of sp³-hybridized carbons (Fsp3) is 0.714. The van der Waals surface area contributed by atoms with E-state index in [9.17, 15) is 0 Å². The van der Waals surface area contributed by atoms with E-state index in [4.69, 9.17) is 44.3 Å². The topological polar surface area (TPSA) is 34.7 Å². The minimum atomic E-state index is -1.72. The van der Waals surface area contributed by atoms with Gasteiger partial charge in [-0.15, -0.1) is 56.9 Å². The SMILES string of the molecule is CN1C=CN(C(C)(C)C)[SiH]1Cl.C[N-]/C=C\[N-]C(C)(C)C.Cl[SiH](Cl)Cl.[Li+].[Li+]. The minimum absolute atomic E-state index is 0. The summed E-state index contributed by atoms with van der Waals surface area (Å²) in [4.78, 5) is 0. The van der Waals surface area contributed by atoms with E-state index >= 15 is 0 Å². The molecule has 0 amide bonds. The van der Waals surface area contributed by atoms with Crippen LogP contribution in [0.4, 0.5) is 0 Å². The second-order valence-electron chi connectivity index (χ2n) is 6.96. The maximum absolute atomic E-state index is 6.24. The monoisotopic (exact) mass is 464 g/mol. The summed E-state index contributed by atoms with van der Waals surface area (Å²) < 4.78 is 4.38. The number of rotatable bonds is 2. The molecule has 1 aliphatic heterocycles. The quantitative estimate of drug-likeness (QED) is 0.408. The molecule has 0 fully saturated rings. The summed E-state index contributed by atoms with van der Waals surface area (Å²) in [5.74, 6) is 0. The number of halogens is 4. The first-order valence-corrected chi connectivity index (χ1v) is 15.4. The summed E-state index contributed by atoms with van der Waals surface area (Å²) in [7, 11) is 2.41. The molecule has 144 valence electrons. The summed E-state index contributed by atoms with van der Waals surface area (Å²) in [5.41, 5.74) is 0.196. The largest absolute Gasteiger partial charge is 1.00 e. The standard InChI is InChI=1S/C7H15ClN2Si.C7H14N2.Cl3HSi.2Li/c1-7(2,3)10-6-5-9(4)11(10)8;1-7(2,3)9-6-5-8-4;1-4(2)3;;/h5-6,11H,1-4H3;5-6H,1-4H3;4H;;/q;-2;;2*+1/b;6-5-;;;. The third-order valence-electron chi connectivity index (χ3n) is 2.48. The Labute approximate surface area is 206 Å². The first kappa shape index (κ1) is 34.9. The van der Waals surface area contributed by atoms with Crippen molar-refractivity contribution in [1.82, 2.24) is 9.13 Å². The zero-order valence-corrected chi connectivity index (χ0v) is 23.1. The van der Waals surface area contributed by atoms with E-state index in [-0.39, 0.29) is 48.8 Å². The van der Waals surface area contributed by atoms with Crippen molar-refractivity contribution in [2.45, 2.75) is 52.6 Å². The fourth-order valence-electron chi connectivity index (χ4n) is 1.38. The van der Waals surface area contributed by atoms with Crippen LogP contribution in [0.5, 0.6) is 0 Å². The molecular weight excluding hydrogens is 436 g/mol. The Morgan fingerprint density at radius 3 is 1.58 bits per heavy atom. The van der Waals surface area contributed by atoms with Gasteiger partial charge < -0.3 is 19.8 Å². The zero-order chi connectivity index (χ0) is 19.6. The van der Waals surface area contributed by atoms with E-state index in [1.54, 1.807) is 19.4 Å². The van der Waals surface area contributed by atoms with Gasteiger partial charge in [-0.1, -0.05) is 20.8 Å².